The van der Waals surface area contributed by atoms with Crippen LogP contribution in [-0.4, -0.2) is 62.3 Å². The van der Waals surface area contributed by atoms with Crippen LogP contribution < -0.4 is 7.52 Å². The average molecular weight is 480 g/mol. The van der Waals surface area contributed by atoms with Crippen molar-refractivity contribution in [1.82, 2.24) is 0 Å². The molecule has 0 spiro atoms. The first kappa shape index (κ1) is 26.0. The Morgan fingerprint density at radius 1 is 0.619 bits per heavy atom. The predicted molar refractivity (Wildman–Crippen MR) is 77.0 cm³/mol. The van der Waals surface area contributed by atoms with Gasteiger partial charge in [0.1, 0.15) is 0 Å². The number of quaternary nitrogens is 2. The van der Waals surface area contributed by atoms with Gasteiger partial charge < -0.3 is 8.97 Å². The van der Waals surface area contributed by atoms with Crippen LogP contribution in [0.4, 0.5) is 0 Å². The van der Waals surface area contributed by atoms with Crippen LogP contribution in [0, 0.1) is 0 Å². The Balaban J connectivity index is -0.000000239. The van der Waals surface area contributed by atoms with Crippen LogP contribution >= 0.6 is 0 Å². The van der Waals surface area contributed by atoms with E-state index in [1.54, 1.807) is 0 Å². The topological polar surface area (TPSA) is 80.3 Å². The van der Waals surface area contributed by atoms with Crippen LogP contribution in [-0.2, 0) is 23.5 Å². The van der Waals surface area contributed by atoms with Gasteiger partial charge in [-0.05, 0) is 41.5 Å². The van der Waals surface area contributed by atoms with Gasteiger partial charge in [-0.2, -0.15) is 0 Å². The molecule has 21 heavy (non-hydrogen) atoms. The Morgan fingerprint density at radius 3 is 0.714 bits per heavy atom. The zero-order valence-corrected chi connectivity index (χ0v) is 18.1. The molecule has 0 saturated carbocycles. The first-order chi connectivity index (χ1) is 9.36. The number of rotatable bonds is 6. The van der Waals surface area contributed by atoms with E-state index in [-0.39, 0.29) is 0 Å². The summed E-state index contributed by atoms with van der Waals surface area (Å²) in [6, 6.07) is 0. The van der Waals surface area contributed by atoms with Crippen LogP contribution in [0.2, 0.25) is 0 Å². The van der Waals surface area contributed by atoms with E-state index in [9.17, 15) is 0 Å². The van der Waals surface area contributed by atoms with E-state index in [1.807, 2.05) is 0 Å². The average Bonchev–Trinajstić information content (AvgIpc) is 2.44. The summed E-state index contributed by atoms with van der Waals surface area (Å²) in [6.07, 6.45) is 0. The fourth-order valence-corrected chi connectivity index (χ4v) is 1.34. The molecule has 0 amide bonds. The summed E-state index contributed by atoms with van der Waals surface area (Å²) >= 11 is -6.17. The predicted octanol–water partition coefficient (Wildman–Crippen LogP) is 0.367. The summed E-state index contributed by atoms with van der Waals surface area (Å²) in [6.45, 7) is 21.0. The molecule has 0 radical (unpaired) electrons. The molecule has 0 aromatic heterocycles. The fourth-order valence-electron chi connectivity index (χ4n) is 1.34. The van der Waals surface area contributed by atoms with E-state index in [4.69, 9.17) is 14.3 Å². The molecule has 132 valence electrons. The minimum absolute atomic E-state index is 1.21. The molecule has 0 aliphatic heterocycles. The van der Waals surface area contributed by atoms with Gasteiger partial charge in [0.15, 0.2) is 0 Å². The van der Waals surface area contributed by atoms with Gasteiger partial charge in [-0.15, -0.1) is 0 Å². The molecular weight excluding hydrogens is 444 g/mol. The van der Waals surface area contributed by atoms with Gasteiger partial charge in [-0.1, -0.05) is 0 Å². The van der Waals surface area contributed by atoms with Gasteiger partial charge >= 0.3 is 31.1 Å². The van der Waals surface area contributed by atoms with Crippen LogP contribution in [0.1, 0.15) is 41.5 Å². The third-order valence-electron chi connectivity index (χ3n) is 4.58. The maximum absolute atomic E-state index is 8.65. The number of nitrogens with zero attached hydrogens (tertiary/aromatic N) is 2. The summed E-state index contributed by atoms with van der Waals surface area (Å²) in [7, 11) is 4.58. The van der Waals surface area contributed by atoms with Crippen LogP contribution in [0.15, 0.2) is 0 Å². The molecule has 0 atom stereocenters. The van der Waals surface area contributed by atoms with Crippen molar-refractivity contribution in [3.05, 3.63) is 0 Å². The van der Waals surface area contributed by atoms with E-state index >= 15 is 0 Å². The van der Waals surface area contributed by atoms with Crippen molar-refractivity contribution in [1.29, 1.82) is 0 Å². The van der Waals surface area contributed by atoms with Gasteiger partial charge in [0.25, 0.3) is 0 Å². The van der Waals surface area contributed by atoms with Gasteiger partial charge in [0.05, 0.1) is 53.4 Å². The van der Waals surface area contributed by atoms with Crippen LogP contribution in [0.25, 0.3) is 0 Å². The molecule has 0 heterocycles. The quantitative estimate of drug-likeness (QED) is 0.515. The maximum atomic E-state index is 8.65. The van der Waals surface area contributed by atoms with E-state index in [0.717, 1.165) is 0 Å². The van der Waals surface area contributed by atoms with Gasteiger partial charge in [-0.25, -0.2) is 0 Å². The van der Waals surface area contributed by atoms with E-state index in [0.29, 0.717) is 0 Å². The van der Waals surface area contributed by atoms with E-state index in [2.05, 4.69) is 55.6 Å². The second-order valence-corrected chi connectivity index (χ2v) is 8.48. The molecule has 0 fully saturated rings. The molecular formula is C14H36N2O4W. The molecule has 0 saturated heterocycles. The van der Waals surface area contributed by atoms with E-state index < -0.39 is 16.7 Å². The Labute approximate surface area is 135 Å². The van der Waals surface area contributed by atoms with Crippen molar-refractivity contribution >= 4 is 0 Å². The summed E-state index contributed by atoms with van der Waals surface area (Å²) in [5.74, 6) is 0. The monoisotopic (exact) mass is 480 g/mol. The Kier molecular flexibility index (Phi) is 15.7. The number of hydrogen-bond donors (Lipinski definition) is 0. The number of hydrogen-bond acceptors (Lipinski definition) is 4. The van der Waals surface area contributed by atoms with Gasteiger partial charge in [0, 0.05) is 0 Å². The molecule has 0 bridgehead atoms. The molecule has 7 heteroatoms. The summed E-state index contributed by atoms with van der Waals surface area (Å²) < 4.78 is 37.0. The Hall–Kier alpha value is 0.128. The van der Waals surface area contributed by atoms with Crippen LogP contribution in [0.5, 0.6) is 0 Å². The minimum atomic E-state index is -6.17. The SMILES string of the molecule is CC[N+](C)(CC)CC.CC[N+](C)(CC)CC.[O]=[W](=[O])([O-])[O-]. The molecule has 0 unspecified atom stereocenters. The molecule has 0 rings (SSSR count). The third-order valence-corrected chi connectivity index (χ3v) is 4.58. The van der Waals surface area contributed by atoms with Crippen molar-refractivity contribution in [3.8, 4) is 0 Å². The zero-order chi connectivity index (χ0) is 17.7. The van der Waals surface area contributed by atoms with Gasteiger partial charge in [0.2, 0.25) is 0 Å². The van der Waals surface area contributed by atoms with E-state index in [1.165, 1.54) is 48.2 Å². The standard InChI is InChI=1S/2C7H18N.4O.W/c2*1-5-8(4,6-2)7-3;;;;;/h2*5-7H2,1-4H3;;;;;/q2*+1;;;2*-1;. The fraction of sp³-hybridized carbons (Fsp3) is 1.00. The van der Waals surface area contributed by atoms with Crippen molar-refractivity contribution in [2.75, 3.05) is 53.4 Å². The van der Waals surface area contributed by atoms with Crippen molar-refractivity contribution < 1.29 is 40.0 Å². The Morgan fingerprint density at radius 2 is 0.714 bits per heavy atom. The molecule has 0 aromatic carbocycles. The first-order valence-corrected chi connectivity index (χ1v) is 12.5. The van der Waals surface area contributed by atoms with Gasteiger partial charge in [-0.3, -0.25) is 0 Å². The molecule has 0 aliphatic rings. The van der Waals surface area contributed by atoms with Crippen molar-refractivity contribution in [3.63, 3.8) is 0 Å². The summed E-state index contributed by atoms with van der Waals surface area (Å²) in [4.78, 5) is 0. The Bertz CT molecular complexity index is 281. The molecule has 0 aliphatic carbocycles. The normalized spacial score (nSPS) is 11.9. The van der Waals surface area contributed by atoms with Crippen molar-refractivity contribution in [2.45, 2.75) is 41.5 Å². The second kappa shape index (κ2) is 12.7. The zero-order valence-electron chi connectivity index (χ0n) is 15.2. The summed E-state index contributed by atoms with van der Waals surface area (Å²) in [5, 5.41) is 0. The first-order valence-electron chi connectivity index (χ1n) is 7.70. The van der Waals surface area contributed by atoms with Crippen molar-refractivity contribution in [2.24, 2.45) is 0 Å². The molecule has 0 N–H and O–H groups in total. The molecule has 6 nitrogen and oxygen atoms in total. The molecule has 0 aromatic rings. The van der Waals surface area contributed by atoms with Crippen LogP contribution in [0.3, 0.4) is 0 Å². The second-order valence-electron chi connectivity index (χ2n) is 5.54. The third kappa shape index (κ3) is 20.1. The summed E-state index contributed by atoms with van der Waals surface area (Å²) in [5.41, 5.74) is 0.